The van der Waals surface area contributed by atoms with E-state index in [2.05, 4.69) is 10.6 Å². The number of anilines is 1. The van der Waals surface area contributed by atoms with E-state index in [1.807, 2.05) is 0 Å². The van der Waals surface area contributed by atoms with Crippen molar-refractivity contribution in [1.82, 2.24) is 5.32 Å². The molecule has 1 atom stereocenters. The van der Waals surface area contributed by atoms with Crippen LogP contribution in [0.1, 0.15) is 36.5 Å². The van der Waals surface area contributed by atoms with Gasteiger partial charge < -0.3 is 15.7 Å². The third-order valence-corrected chi connectivity index (χ3v) is 3.38. The highest BCUT2D eigenvalue weighted by Crippen LogP contribution is 2.32. The number of carbonyl (C=O) groups is 3. The zero-order chi connectivity index (χ0) is 15.4. The van der Waals surface area contributed by atoms with Gasteiger partial charge in [0.25, 0.3) is 5.91 Å². The summed E-state index contributed by atoms with van der Waals surface area (Å²) in [5.74, 6) is -1.58. The standard InChI is InChI=1S/C15H18N2O4/c1-2-12(18)16-11-5-3-4-10(8-11)14(19)17-13(15(20)21)9-6-7-9/h3-5,8-9,13H,2,6-7H2,1H3,(H,16,18)(H,17,19)(H,20,21). The van der Waals surface area contributed by atoms with Crippen LogP contribution >= 0.6 is 0 Å². The van der Waals surface area contributed by atoms with E-state index in [0.717, 1.165) is 12.8 Å². The first-order valence-corrected chi connectivity index (χ1v) is 6.95. The maximum absolute atomic E-state index is 12.1. The van der Waals surface area contributed by atoms with Crippen LogP contribution in [0.25, 0.3) is 0 Å². The van der Waals surface area contributed by atoms with Crippen molar-refractivity contribution in [2.75, 3.05) is 5.32 Å². The van der Waals surface area contributed by atoms with Gasteiger partial charge in [0, 0.05) is 17.7 Å². The Balaban J connectivity index is 2.06. The predicted molar refractivity (Wildman–Crippen MR) is 77.0 cm³/mol. The number of hydrogen-bond donors (Lipinski definition) is 3. The first-order valence-electron chi connectivity index (χ1n) is 6.95. The summed E-state index contributed by atoms with van der Waals surface area (Å²) < 4.78 is 0. The molecule has 6 heteroatoms. The number of carboxylic acids is 1. The summed E-state index contributed by atoms with van der Waals surface area (Å²) in [5.41, 5.74) is 0.851. The third kappa shape index (κ3) is 4.05. The molecule has 21 heavy (non-hydrogen) atoms. The van der Waals surface area contributed by atoms with Crippen molar-refractivity contribution < 1.29 is 19.5 Å². The first kappa shape index (κ1) is 15.0. The van der Waals surface area contributed by atoms with E-state index in [-0.39, 0.29) is 11.8 Å². The lowest BCUT2D eigenvalue weighted by Gasteiger charge is -2.14. The fourth-order valence-electron chi connectivity index (χ4n) is 2.02. The zero-order valence-electron chi connectivity index (χ0n) is 11.8. The highest BCUT2D eigenvalue weighted by Gasteiger charge is 2.37. The minimum absolute atomic E-state index is 0.0226. The lowest BCUT2D eigenvalue weighted by atomic mass is 10.1. The molecule has 3 N–H and O–H groups in total. The summed E-state index contributed by atoms with van der Waals surface area (Å²) in [6.07, 6.45) is 1.99. The van der Waals surface area contributed by atoms with Gasteiger partial charge >= 0.3 is 5.97 Å². The summed E-state index contributed by atoms with van der Waals surface area (Å²) in [5, 5.41) is 14.3. The molecule has 1 fully saturated rings. The van der Waals surface area contributed by atoms with E-state index in [1.165, 1.54) is 6.07 Å². The van der Waals surface area contributed by atoms with Crippen LogP contribution in [-0.2, 0) is 9.59 Å². The Kier molecular flexibility index (Phi) is 4.57. The smallest absolute Gasteiger partial charge is 0.326 e. The Labute approximate surface area is 122 Å². The van der Waals surface area contributed by atoms with Crippen LogP contribution in [0.15, 0.2) is 24.3 Å². The van der Waals surface area contributed by atoms with Crippen molar-refractivity contribution in [2.24, 2.45) is 5.92 Å². The largest absolute Gasteiger partial charge is 0.480 e. The average Bonchev–Trinajstić information content (AvgIpc) is 3.28. The van der Waals surface area contributed by atoms with Crippen LogP contribution in [0.4, 0.5) is 5.69 Å². The summed E-state index contributed by atoms with van der Waals surface area (Å²) in [6, 6.07) is 5.61. The number of amides is 2. The first-order chi connectivity index (χ1) is 10.0. The van der Waals surface area contributed by atoms with Crippen LogP contribution in [-0.4, -0.2) is 28.9 Å². The second-order valence-electron chi connectivity index (χ2n) is 5.11. The molecule has 0 bridgehead atoms. The van der Waals surface area contributed by atoms with Crippen molar-refractivity contribution in [2.45, 2.75) is 32.2 Å². The minimum atomic E-state index is -1.01. The Morgan fingerprint density at radius 3 is 2.62 bits per heavy atom. The van der Waals surface area contributed by atoms with Crippen molar-refractivity contribution in [3.05, 3.63) is 29.8 Å². The second kappa shape index (κ2) is 6.39. The fourth-order valence-corrected chi connectivity index (χ4v) is 2.02. The molecule has 0 heterocycles. The molecule has 0 aliphatic heterocycles. The highest BCUT2D eigenvalue weighted by molar-refractivity contribution is 5.98. The van der Waals surface area contributed by atoms with Gasteiger partial charge in [-0.3, -0.25) is 9.59 Å². The Bertz CT molecular complexity index is 567. The van der Waals surface area contributed by atoms with Crippen molar-refractivity contribution in [1.29, 1.82) is 0 Å². The molecule has 1 aliphatic carbocycles. The molecule has 0 spiro atoms. The molecule has 1 aliphatic rings. The lowest BCUT2D eigenvalue weighted by molar-refractivity contribution is -0.139. The summed E-state index contributed by atoms with van der Waals surface area (Å²) >= 11 is 0. The Morgan fingerprint density at radius 2 is 2.05 bits per heavy atom. The number of carbonyl (C=O) groups excluding carboxylic acids is 2. The second-order valence-corrected chi connectivity index (χ2v) is 5.11. The maximum atomic E-state index is 12.1. The summed E-state index contributed by atoms with van der Waals surface area (Å²) in [4.78, 5) is 34.6. The number of benzene rings is 1. The maximum Gasteiger partial charge on any atom is 0.326 e. The molecule has 1 unspecified atom stereocenters. The fraction of sp³-hybridized carbons (Fsp3) is 0.400. The van der Waals surface area contributed by atoms with Crippen molar-refractivity contribution >= 4 is 23.5 Å². The van der Waals surface area contributed by atoms with Crippen LogP contribution in [0.3, 0.4) is 0 Å². The monoisotopic (exact) mass is 290 g/mol. The van der Waals surface area contributed by atoms with Gasteiger partial charge in [0.2, 0.25) is 5.91 Å². The molecule has 0 aromatic heterocycles. The van der Waals surface area contributed by atoms with E-state index in [4.69, 9.17) is 5.11 Å². The quantitative estimate of drug-likeness (QED) is 0.742. The van der Waals surface area contributed by atoms with E-state index in [1.54, 1.807) is 25.1 Å². The van der Waals surface area contributed by atoms with Gasteiger partial charge in [-0.25, -0.2) is 4.79 Å². The van der Waals surface area contributed by atoms with Gasteiger partial charge in [-0.1, -0.05) is 13.0 Å². The number of carboxylic acid groups (broad SMARTS) is 1. The third-order valence-electron chi connectivity index (χ3n) is 3.38. The summed E-state index contributed by atoms with van der Waals surface area (Å²) in [6.45, 7) is 1.74. The molecule has 2 amide bonds. The van der Waals surface area contributed by atoms with Crippen LogP contribution in [0.2, 0.25) is 0 Å². The van der Waals surface area contributed by atoms with Gasteiger partial charge in [-0.15, -0.1) is 0 Å². The highest BCUT2D eigenvalue weighted by atomic mass is 16.4. The van der Waals surface area contributed by atoms with Crippen molar-refractivity contribution in [3.63, 3.8) is 0 Å². The number of rotatable bonds is 6. The topological polar surface area (TPSA) is 95.5 Å². The molecular weight excluding hydrogens is 272 g/mol. The SMILES string of the molecule is CCC(=O)Nc1cccc(C(=O)NC(C(=O)O)C2CC2)c1. The molecule has 6 nitrogen and oxygen atoms in total. The number of nitrogens with one attached hydrogen (secondary N) is 2. The molecular formula is C15H18N2O4. The van der Waals surface area contributed by atoms with Crippen molar-refractivity contribution in [3.8, 4) is 0 Å². The van der Waals surface area contributed by atoms with Gasteiger partial charge in [0.1, 0.15) is 6.04 Å². The predicted octanol–water partition coefficient (Wildman–Crippen LogP) is 1.63. The van der Waals surface area contributed by atoms with Gasteiger partial charge in [0.15, 0.2) is 0 Å². The van der Waals surface area contributed by atoms with Crippen LogP contribution in [0, 0.1) is 5.92 Å². The lowest BCUT2D eigenvalue weighted by Crippen LogP contribution is -2.42. The summed E-state index contributed by atoms with van der Waals surface area (Å²) in [7, 11) is 0. The van der Waals surface area contributed by atoms with Crippen LogP contribution < -0.4 is 10.6 Å². The normalized spacial score (nSPS) is 15.1. The molecule has 112 valence electrons. The van der Waals surface area contributed by atoms with Crippen LogP contribution in [0.5, 0.6) is 0 Å². The van der Waals surface area contributed by atoms with E-state index >= 15 is 0 Å². The Hall–Kier alpha value is -2.37. The number of hydrogen-bond acceptors (Lipinski definition) is 3. The molecule has 0 saturated heterocycles. The van der Waals surface area contributed by atoms with E-state index < -0.39 is 17.9 Å². The minimum Gasteiger partial charge on any atom is -0.480 e. The number of aliphatic carboxylic acids is 1. The molecule has 1 saturated carbocycles. The molecule has 0 radical (unpaired) electrons. The zero-order valence-corrected chi connectivity index (χ0v) is 11.8. The molecule has 1 aromatic rings. The van der Waals surface area contributed by atoms with Gasteiger partial charge in [0.05, 0.1) is 0 Å². The average molecular weight is 290 g/mol. The Morgan fingerprint density at radius 1 is 1.33 bits per heavy atom. The van der Waals surface area contributed by atoms with E-state index in [0.29, 0.717) is 17.7 Å². The van der Waals surface area contributed by atoms with Gasteiger partial charge in [-0.2, -0.15) is 0 Å². The molecule has 2 rings (SSSR count). The molecule has 1 aromatic carbocycles. The van der Waals surface area contributed by atoms with E-state index in [9.17, 15) is 14.4 Å². The van der Waals surface area contributed by atoms with Gasteiger partial charge in [-0.05, 0) is 37.0 Å².